The van der Waals surface area contributed by atoms with Gasteiger partial charge in [-0.2, -0.15) is 0 Å². The number of likely N-dealkylation sites (tertiary alicyclic amines) is 1. The molecule has 2 aliphatic heterocycles. The average Bonchev–Trinajstić information content (AvgIpc) is 2.46. The first-order valence-electron chi connectivity index (χ1n) is 7.43. The van der Waals surface area contributed by atoms with Crippen LogP contribution in [0.1, 0.15) is 19.3 Å². The van der Waals surface area contributed by atoms with E-state index >= 15 is 0 Å². The molecule has 0 aromatic carbocycles. The van der Waals surface area contributed by atoms with Gasteiger partial charge in [-0.3, -0.25) is 14.6 Å². The van der Waals surface area contributed by atoms with E-state index in [0.29, 0.717) is 0 Å². The summed E-state index contributed by atoms with van der Waals surface area (Å²) in [6.45, 7) is 7.69. The summed E-state index contributed by atoms with van der Waals surface area (Å²) in [7, 11) is 3.67. The summed E-state index contributed by atoms with van der Waals surface area (Å²) < 4.78 is 4.92. The summed E-state index contributed by atoms with van der Waals surface area (Å²) in [6, 6.07) is -0.00814. The van der Waals surface area contributed by atoms with Crippen LogP contribution in [0.4, 0.5) is 0 Å². The molecule has 0 aliphatic carbocycles. The fourth-order valence-electron chi connectivity index (χ4n) is 3.00. The standard InChI is InChI=1S/C14H27N3O2/c1-15-7-9-16(10-8-15)11-12-17-6-4-3-5-13(17)14(18)19-2/h13H,3-12H2,1-2H3. The van der Waals surface area contributed by atoms with Crippen LogP contribution in [0.15, 0.2) is 0 Å². The van der Waals surface area contributed by atoms with Crippen molar-refractivity contribution in [3.05, 3.63) is 0 Å². The highest BCUT2D eigenvalue weighted by molar-refractivity contribution is 5.75. The highest BCUT2D eigenvalue weighted by Gasteiger charge is 2.29. The smallest absolute Gasteiger partial charge is 0.323 e. The molecule has 0 radical (unpaired) electrons. The summed E-state index contributed by atoms with van der Waals surface area (Å²) in [5.41, 5.74) is 0. The molecule has 5 nitrogen and oxygen atoms in total. The molecule has 0 bridgehead atoms. The van der Waals surface area contributed by atoms with E-state index in [1.165, 1.54) is 13.5 Å². The van der Waals surface area contributed by atoms with Crippen molar-refractivity contribution in [3.8, 4) is 0 Å². The monoisotopic (exact) mass is 269 g/mol. The molecule has 5 heteroatoms. The van der Waals surface area contributed by atoms with Crippen molar-refractivity contribution < 1.29 is 9.53 Å². The summed E-state index contributed by atoms with van der Waals surface area (Å²) in [5, 5.41) is 0. The Kier molecular flexibility index (Phi) is 5.60. The van der Waals surface area contributed by atoms with Gasteiger partial charge in [0.25, 0.3) is 0 Å². The van der Waals surface area contributed by atoms with Crippen molar-refractivity contribution in [1.82, 2.24) is 14.7 Å². The zero-order valence-corrected chi connectivity index (χ0v) is 12.3. The second-order valence-corrected chi connectivity index (χ2v) is 5.72. The summed E-state index contributed by atoms with van der Waals surface area (Å²) >= 11 is 0. The molecule has 0 N–H and O–H groups in total. The van der Waals surface area contributed by atoms with Crippen LogP contribution >= 0.6 is 0 Å². The Morgan fingerprint density at radius 3 is 2.53 bits per heavy atom. The molecular formula is C14H27N3O2. The van der Waals surface area contributed by atoms with Gasteiger partial charge in [0.05, 0.1) is 7.11 Å². The van der Waals surface area contributed by atoms with E-state index in [1.807, 2.05) is 0 Å². The van der Waals surface area contributed by atoms with Gasteiger partial charge in [-0.25, -0.2) is 0 Å². The first-order chi connectivity index (χ1) is 9.20. The summed E-state index contributed by atoms with van der Waals surface area (Å²) in [4.78, 5) is 19.0. The third kappa shape index (κ3) is 4.16. The first kappa shape index (κ1) is 14.8. The topological polar surface area (TPSA) is 36.0 Å². The Hall–Kier alpha value is -0.650. The number of piperidine rings is 1. The van der Waals surface area contributed by atoms with E-state index in [9.17, 15) is 4.79 Å². The lowest BCUT2D eigenvalue weighted by Crippen LogP contribution is -2.51. The van der Waals surface area contributed by atoms with E-state index < -0.39 is 0 Å². The molecule has 2 rings (SSSR count). The molecule has 1 unspecified atom stereocenters. The molecular weight excluding hydrogens is 242 g/mol. The highest BCUT2D eigenvalue weighted by Crippen LogP contribution is 2.18. The molecule has 110 valence electrons. The van der Waals surface area contributed by atoms with Crippen LogP contribution in [0.3, 0.4) is 0 Å². The van der Waals surface area contributed by atoms with Crippen LogP contribution in [0.5, 0.6) is 0 Å². The molecule has 0 saturated carbocycles. The van der Waals surface area contributed by atoms with Gasteiger partial charge in [0.1, 0.15) is 6.04 Å². The molecule has 2 fully saturated rings. The SMILES string of the molecule is COC(=O)C1CCCCN1CCN1CCN(C)CC1. The van der Waals surface area contributed by atoms with Gasteiger partial charge >= 0.3 is 5.97 Å². The predicted molar refractivity (Wildman–Crippen MR) is 75.2 cm³/mol. The second kappa shape index (κ2) is 7.22. The predicted octanol–water partition coefficient (Wildman–Crippen LogP) is 0.261. The third-order valence-corrected chi connectivity index (χ3v) is 4.39. The normalized spacial score (nSPS) is 27.4. The molecule has 2 saturated heterocycles. The maximum absolute atomic E-state index is 11.8. The van der Waals surface area contributed by atoms with Gasteiger partial charge in [0.2, 0.25) is 0 Å². The lowest BCUT2D eigenvalue weighted by molar-refractivity contribution is -0.148. The zero-order chi connectivity index (χ0) is 13.7. The number of ether oxygens (including phenoxy) is 1. The Bertz CT molecular complexity index is 290. The quantitative estimate of drug-likeness (QED) is 0.684. The van der Waals surface area contributed by atoms with Gasteiger partial charge in [-0.1, -0.05) is 6.42 Å². The van der Waals surface area contributed by atoms with E-state index in [1.54, 1.807) is 0 Å². The van der Waals surface area contributed by atoms with E-state index in [-0.39, 0.29) is 12.0 Å². The van der Waals surface area contributed by atoms with Gasteiger partial charge in [-0.15, -0.1) is 0 Å². The summed E-state index contributed by atoms with van der Waals surface area (Å²) in [6.07, 6.45) is 3.30. The van der Waals surface area contributed by atoms with Gasteiger partial charge < -0.3 is 9.64 Å². The Labute approximate surface area is 116 Å². The van der Waals surface area contributed by atoms with Crippen LogP contribution < -0.4 is 0 Å². The van der Waals surface area contributed by atoms with Crippen LogP contribution in [0, 0.1) is 0 Å². The number of methoxy groups -OCH3 is 1. The number of nitrogens with zero attached hydrogens (tertiary/aromatic N) is 3. The fourth-order valence-corrected chi connectivity index (χ4v) is 3.00. The minimum Gasteiger partial charge on any atom is -0.468 e. The van der Waals surface area contributed by atoms with Crippen molar-refractivity contribution in [2.24, 2.45) is 0 Å². The minimum atomic E-state index is -0.0573. The molecule has 0 spiro atoms. The number of hydrogen-bond acceptors (Lipinski definition) is 5. The number of carbonyl (C=O) groups excluding carboxylic acids is 1. The van der Waals surface area contributed by atoms with Crippen LogP contribution in [0.2, 0.25) is 0 Å². The average molecular weight is 269 g/mol. The van der Waals surface area contributed by atoms with Crippen molar-refractivity contribution in [1.29, 1.82) is 0 Å². The van der Waals surface area contributed by atoms with E-state index in [0.717, 1.165) is 58.7 Å². The number of hydrogen-bond donors (Lipinski definition) is 0. The molecule has 0 aromatic rings. The van der Waals surface area contributed by atoms with Gasteiger partial charge in [0, 0.05) is 39.3 Å². The number of likely N-dealkylation sites (N-methyl/N-ethyl adjacent to an activating group) is 1. The molecule has 1 atom stereocenters. The number of piperazine rings is 1. The number of carbonyl (C=O) groups is 1. The van der Waals surface area contributed by atoms with E-state index in [2.05, 4.69) is 21.7 Å². The fraction of sp³-hybridized carbons (Fsp3) is 0.929. The van der Waals surface area contributed by atoms with Gasteiger partial charge in [0.15, 0.2) is 0 Å². The molecule has 2 heterocycles. The number of esters is 1. The maximum Gasteiger partial charge on any atom is 0.323 e. The maximum atomic E-state index is 11.8. The Morgan fingerprint density at radius 2 is 1.84 bits per heavy atom. The van der Waals surface area contributed by atoms with Gasteiger partial charge in [-0.05, 0) is 26.4 Å². The van der Waals surface area contributed by atoms with Crippen molar-refractivity contribution >= 4 is 5.97 Å². The van der Waals surface area contributed by atoms with E-state index in [4.69, 9.17) is 4.74 Å². The molecule has 0 aromatic heterocycles. The van der Waals surface area contributed by atoms with Crippen molar-refractivity contribution in [3.63, 3.8) is 0 Å². The Morgan fingerprint density at radius 1 is 1.11 bits per heavy atom. The third-order valence-electron chi connectivity index (χ3n) is 4.39. The zero-order valence-electron chi connectivity index (χ0n) is 12.3. The van der Waals surface area contributed by atoms with Crippen LogP contribution in [-0.4, -0.2) is 86.7 Å². The Balaban J connectivity index is 1.78. The first-order valence-corrected chi connectivity index (χ1v) is 7.43. The second-order valence-electron chi connectivity index (χ2n) is 5.72. The lowest BCUT2D eigenvalue weighted by Gasteiger charge is -2.37. The molecule has 19 heavy (non-hydrogen) atoms. The minimum absolute atomic E-state index is 0.00814. The summed E-state index contributed by atoms with van der Waals surface area (Å²) in [5.74, 6) is -0.0573. The molecule has 0 amide bonds. The number of rotatable bonds is 4. The van der Waals surface area contributed by atoms with Crippen LogP contribution in [-0.2, 0) is 9.53 Å². The molecule has 2 aliphatic rings. The van der Waals surface area contributed by atoms with Crippen molar-refractivity contribution in [2.45, 2.75) is 25.3 Å². The van der Waals surface area contributed by atoms with Crippen LogP contribution in [0.25, 0.3) is 0 Å². The highest BCUT2D eigenvalue weighted by atomic mass is 16.5. The lowest BCUT2D eigenvalue weighted by atomic mass is 10.0. The largest absolute Gasteiger partial charge is 0.468 e. The van der Waals surface area contributed by atoms with Crippen molar-refractivity contribution in [2.75, 3.05) is 60.0 Å².